The summed E-state index contributed by atoms with van der Waals surface area (Å²) < 4.78 is 5.34. The molecular weight excluding hydrogens is 394 g/mol. The van der Waals surface area contributed by atoms with E-state index < -0.39 is 0 Å². The van der Waals surface area contributed by atoms with E-state index in [1.54, 1.807) is 29.7 Å². The molecule has 4 heterocycles. The quantitative estimate of drug-likeness (QED) is 0.596. The van der Waals surface area contributed by atoms with Crippen LogP contribution in [0.3, 0.4) is 0 Å². The molecule has 0 unspecified atom stereocenters. The molecule has 0 radical (unpaired) electrons. The second-order valence-electron chi connectivity index (χ2n) is 8.16. The van der Waals surface area contributed by atoms with Crippen LogP contribution in [0.25, 0.3) is 0 Å². The highest BCUT2D eigenvalue weighted by Gasteiger charge is 2.32. The number of piperidine rings is 1. The number of carbonyl (C=O) groups is 1. The molecule has 0 aromatic carbocycles. The zero-order valence-corrected chi connectivity index (χ0v) is 17.9. The van der Waals surface area contributed by atoms with Crippen molar-refractivity contribution in [2.24, 2.45) is 0 Å². The first-order valence-electron chi connectivity index (χ1n) is 10.9. The molecule has 3 aromatic rings. The highest BCUT2D eigenvalue weighted by Crippen LogP contribution is 2.46. The molecule has 0 saturated carbocycles. The lowest BCUT2D eigenvalue weighted by Crippen LogP contribution is -2.35. The molecule has 1 aliphatic heterocycles. The number of amides is 1. The van der Waals surface area contributed by atoms with Gasteiger partial charge in [0.2, 0.25) is 0 Å². The minimum atomic E-state index is -0.174. The first-order valence-corrected chi connectivity index (χ1v) is 11.8. The highest BCUT2D eigenvalue weighted by atomic mass is 32.1. The Labute approximate surface area is 181 Å². The van der Waals surface area contributed by atoms with Crippen molar-refractivity contribution in [1.82, 2.24) is 9.88 Å². The molecule has 2 aliphatic rings. The molecule has 3 aromatic heterocycles. The van der Waals surface area contributed by atoms with Crippen molar-refractivity contribution in [3.05, 3.63) is 70.3 Å². The van der Waals surface area contributed by atoms with Crippen molar-refractivity contribution in [1.29, 1.82) is 0 Å². The van der Waals surface area contributed by atoms with Crippen molar-refractivity contribution in [2.45, 2.75) is 51.0 Å². The SMILES string of the molecule is O=C(Nc1sc2c(c1[C@H](c1ccncc1)N1CCCCC1)CCCC2)c1ccco1. The minimum Gasteiger partial charge on any atom is -0.459 e. The Morgan fingerprint density at radius 3 is 2.63 bits per heavy atom. The van der Waals surface area contributed by atoms with E-state index >= 15 is 0 Å². The fourth-order valence-electron chi connectivity index (χ4n) is 4.83. The molecule has 6 heteroatoms. The lowest BCUT2D eigenvalue weighted by molar-refractivity contribution is 0.0996. The van der Waals surface area contributed by atoms with Gasteiger partial charge < -0.3 is 9.73 Å². The number of likely N-dealkylation sites (tertiary alicyclic amines) is 1. The number of pyridine rings is 1. The molecule has 1 N–H and O–H groups in total. The van der Waals surface area contributed by atoms with Gasteiger partial charge in [-0.1, -0.05) is 6.42 Å². The summed E-state index contributed by atoms with van der Waals surface area (Å²) >= 11 is 1.76. The van der Waals surface area contributed by atoms with Gasteiger partial charge in [0.25, 0.3) is 5.91 Å². The molecule has 1 amide bonds. The molecule has 156 valence electrons. The molecular formula is C24H27N3O2S. The smallest absolute Gasteiger partial charge is 0.291 e. The minimum absolute atomic E-state index is 0.151. The summed E-state index contributed by atoms with van der Waals surface area (Å²) in [5, 5.41) is 4.19. The zero-order valence-electron chi connectivity index (χ0n) is 17.1. The van der Waals surface area contributed by atoms with Crippen LogP contribution in [0.2, 0.25) is 0 Å². The molecule has 1 aliphatic carbocycles. The molecule has 0 bridgehead atoms. The van der Waals surface area contributed by atoms with Crippen LogP contribution in [0.5, 0.6) is 0 Å². The van der Waals surface area contributed by atoms with E-state index in [1.807, 2.05) is 12.4 Å². The summed E-state index contributed by atoms with van der Waals surface area (Å²) in [4.78, 5) is 21.1. The van der Waals surface area contributed by atoms with Gasteiger partial charge >= 0.3 is 0 Å². The number of carbonyl (C=O) groups excluding carboxylic acids is 1. The molecule has 5 nitrogen and oxygen atoms in total. The Balaban J connectivity index is 1.60. The Morgan fingerprint density at radius 2 is 1.87 bits per heavy atom. The average Bonchev–Trinajstić information content (AvgIpc) is 3.45. The third-order valence-corrected chi connectivity index (χ3v) is 7.46. The lowest BCUT2D eigenvalue weighted by Gasteiger charge is -2.36. The number of aromatic nitrogens is 1. The number of hydrogen-bond donors (Lipinski definition) is 1. The molecule has 30 heavy (non-hydrogen) atoms. The van der Waals surface area contributed by atoms with E-state index in [9.17, 15) is 4.79 Å². The number of nitrogens with zero attached hydrogens (tertiary/aromatic N) is 2. The Hall–Kier alpha value is -2.44. The number of rotatable bonds is 5. The van der Waals surface area contributed by atoms with Crippen LogP contribution in [0.4, 0.5) is 5.00 Å². The fourth-order valence-corrected chi connectivity index (χ4v) is 6.14. The Morgan fingerprint density at radius 1 is 1.07 bits per heavy atom. The number of nitrogens with one attached hydrogen (secondary N) is 1. The van der Waals surface area contributed by atoms with Crippen LogP contribution in [0.1, 0.15) is 70.3 Å². The second-order valence-corrected chi connectivity index (χ2v) is 9.27. The van der Waals surface area contributed by atoms with Gasteiger partial charge in [0.1, 0.15) is 5.00 Å². The number of furan rings is 1. The van der Waals surface area contributed by atoms with Gasteiger partial charge in [0.05, 0.1) is 12.3 Å². The van der Waals surface area contributed by atoms with E-state index in [0.29, 0.717) is 5.76 Å². The van der Waals surface area contributed by atoms with Crippen LogP contribution < -0.4 is 5.32 Å². The van der Waals surface area contributed by atoms with E-state index in [1.165, 1.54) is 53.7 Å². The zero-order chi connectivity index (χ0) is 20.3. The summed E-state index contributed by atoms with van der Waals surface area (Å²) in [6, 6.07) is 7.88. The third-order valence-electron chi connectivity index (χ3n) is 6.24. The van der Waals surface area contributed by atoms with Gasteiger partial charge in [-0.25, -0.2) is 0 Å². The summed E-state index contributed by atoms with van der Waals surface area (Å²) in [7, 11) is 0. The molecule has 1 atom stereocenters. The van der Waals surface area contributed by atoms with E-state index in [0.717, 1.165) is 30.9 Å². The number of fused-ring (bicyclic) bond motifs is 1. The van der Waals surface area contributed by atoms with Gasteiger partial charge in [0, 0.05) is 22.8 Å². The van der Waals surface area contributed by atoms with Crippen molar-refractivity contribution in [3.8, 4) is 0 Å². The Bertz CT molecular complexity index is 991. The normalized spacial score (nSPS) is 18.0. The van der Waals surface area contributed by atoms with E-state index in [4.69, 9.17) is 4.42 Å². The number of anilines is 1. The molecule has 1 saturated heterocycles. The summed E-state index contributed by atoms with van der Waals surface area (Å²) in [5.41, 5.74) is 4.00. The monoisotopic (exact) mass is 421 g/mol. The van der Waals surface area contributed by atoms with Crippen LogP contribution in [0.15, 0.2) is 47.3 Å². The molecule has 0 spiro atoms. The van der Waals surface area contributed by atoms with Crippen LogP contribution in [0, 0.1) is 0 Å². The number of thiophene rings is 1. The lowest BCUT2D eigenvalue weighted by atomic mass is 9.88. The third kappa shape index (κ3) is 3.82. The van der Waals surface area contributed by atoms with Gasteiger partial charge in [-0.3, -0.25) is 14.7 Å². The largest absolute Gasteiger partial charge is 0.459 e. The fraction of sp³-hybridized carbons (Fsp3) is 0.417. The van der Waals surface area contributed by atoms with E-state index in [2.05, 4.69) is 27.3 Å². The first-order chi connectivity index (χ1) is 14.8. The number of hydrogen-bond acceptors (Lipinski definition) is 5. The predicted octanol–water partition coefficient (Wildman–Crippen LogP) is 5.44. The topological polar surface area (TPSA) is 58.4 Å². The van der Waals surface area contributed by atoms with Crippen molar-refractivity contribution >= 4 is 22.2 Å². The maximum atomic E-state index is 12.9. The Kier molecular flexibility index (Phi) is 5.69. The standard InChI is InChI=1S/C24H27N3O2S/c28-23(19-8-6-16-29-19)26-24-21(18-7-2-3-9-20(18)30-24)22(17-10-12-25-13-11-17)27-14-4-1-5-15-27/h6,8,10-13,16,22H,1-5,7,9,14-15H2,(H,26,28)/t22-/m0/s1. The first kappa shape index (κ1) is 19.5. The van der Waals surface area contributed by atoms with Crippen molar-refractivity contribution in [2.75, 3.05) is 18.4 Å². The van der Waals surface area contributed by atoms with E-state index in [-0.39, 0.29) is 11.9 Å². The molecule has 1 fully saturated rings. The predicted molar refractivity (Wildman–Crippen MR) is 119 cm³/mol. The van der Waals surface area contributed by atoms with Crippen LogP contribution in [-0.2, 0) is 12.8 Å². The van der Waals surface area contributed by atoms with Crippen molar-refractivity contribution < 1.29 is 9.21 Å². The summed E-state index contributed by atoms with van der Waals surface area (Å²) in [5.74, 6) is 0.178. The summed E-state index contributed by atoms with van der Waals surface area (Å²) in [6.45, 7) is 2.17. The maximum Gasteiger partial charge on any atom is 0.291 e. The molecule has 5 rings (SSSR count). The van der Waals surface area contributed by atoms with Gasteiger partial charge in [-0.05, 0) is 87.0 Å². The summed E-state index contributed by atoms with van der Waals surface area (Å²) in [6.07, 6.45) is 13.7. The van der Waals surface area contributed by atoms with Crippen molar-refractivity contribution in [3.63, 3.8) is 0 Å². The van der Waals surface area contributed by atoms with Gasteiger partial charge in [-0.15, -0.1) is 11.3 Å². The van der Waals surface area contributed by atoms with Gasteiger partial charge in [0.15, 0.2) is 5.76 Å². The van der Waals surface area contributed by atoms with Gasteiger partial charge in [-0.2, -0.15) is 0 Å². The average molecular weight is 422 g/mol. The number of aryl methyl sites for hydroxylation is 1. The van der Waals surface area contributed by atoms with Crippen LogP contribution >= 0.6 is 11.3 Å². The van der Waals surface area contributed by atoms with Crippen LogP contribution in [-0.4, -0.2) is 28.9 Å². The highest BCUT2D eigenvalue weighted by molar-refractivity contribution is 7.16. The maximum absolute atomic E-state index is 12.9. The second kappa shape index (κ2) is 8.74.